The molecule has 0 aromatic carbocycles. The summed E-state index contributed by atoms with van der Waals surface area (Å²) in [5.41, 5.74) is -0.449. The SMILES string of the molecule is CC(C(=O)OC(C)(C)C)N(CCO)C1CCC1. The summed E-state index contributed by atoms with van der Waals surface area (Å²) in [6.45, 7) is 8.11. The standard InChI is InChI=1S/C13H25NO3/c1-10(12(16)17-13(2,3)4)14(8-9-15)11-6-5-7-11/h10-11,15H,5-9H2,1-4H3. The monoisotopic (exact) mass is 243 g/mol. The average molecular weight is 243 g/mol. The Labute approximate surface area is 104 Å². The second-order valence-corrected chi connectivity index (χ2v) is 5.76. The van der Waals surface area contributed by atoms with Crippen LogP contribution in [-0.4, -0.2) is 46.8 Å². The van der Waals surface area contributed by atoms with Gasteiger partial charge in [0.2, 0.25) is 0 Å². The van der Waals surface area contributed by atoms with Crippen LogP contribution < -0.4 is 0 Å². The lowest BCUT2D eigenvalue weighted by molar-refractivity contribution is -0.162. The second kappa shape index (κ2) is 5.83. The van der Waals surface area contributed by atoms with Crippen LogP contribution in [0.5, 0.6) is 0 Å². The smallest absolute Gasteiger partial charge is 0.323 e. The summed E-state index contributed by atoms with van der Waals surface area (Å²) in [5, 5.41) is 9.07. The molecule has 0 radical (unpaired) electrons. The van der Waals surface area contributed by atoms with Crippen molar-refractivity contribution in [3.63, 3.8) is 0 Å². The number of carbonyl (C=O) groups excluding carboxylic acids is 1. The van der Waals surface area contributed by atoms with E-state index < -0.39 is 5.60 Å². The van der Waals surface area contributed by atoms with Gasteiger partial charge in [-0.15, -0.1) is 0 Å². The molecule has 1 fully saturated rings. The molecule has 4 heteroatoms. The van der Waals surface area contributed by atoms with E-state index in [4.69, 9.17) is 9.84 Å². The van der Waals surface area contributed by atoms with E-state index in [0.717, 1.165) is 12.8 Å². The van der Waals surface area contributed by atoms with Crippen molar-refractivity contribution in [2.24, 2.45) is 0 Å². The third-order valence-electron chi connectivity index (χ3n) is 3.15. The van der Waals surface area contributed by atoms with Gasteiger partial charge in [-0.05, 0) is 40.5 Å². The van der Waals surface area contributed by atoms with Crippen molar-refractivity contribution in [2.45, 2.75) is 64.6 Å². The van der Waals surface area contributed by atoms with Crippen molar-refractivity contribution in [3.05, 3.63) is 0 Å². The predicted molar refractivity (Wildman–Crippen MR) is 66.7 cm³/mol. The van der Waals surface area contributed by atoms with Crippen LogP contribution >= 0.6 is 0 Å². The lowest BCUT2D eigenvalue weighted by Crippen LogP contribution is -2.51. The molecule has 1 aliphatic rings. The van der Waals surface area contributed by atoms with E-state index in [2.05, 4.69) is 4.90 Å². The summed E-state index contributed by atoms with van der Waals surface area (Å²) in [6.07, 6.45) is 3.45. The van der Waals surface area contributed by atoms with E-state index in [9.17, 15) is 4.79 Å². The molecule has 4 nitrogen and oxygen atoms in total. The minimum absolute atomic E-state index is 0.0869. The molecule has 17 heavy (non-hydrogen) atoms. The highest BCUT2D eigenvalue weighted by molar-refractivity contribution is 5.75. The summed E-state index contributed by atoms with van der Waals surface area (Å²) in [6, 6.07) is 0.163. The zero-order chi connectivity index (χ0) is 13.1. The van der Waals surface area contributed by atoms with Gasteiger partial charge in [-0.25, -0.2) is 0 Å². The Kier molecular flexibility index (Phi) is 4.95. The Hall–Kier alpha value is -0.610. The van der Waals surface area contributed by atoms with Gasteiger partial charge in [0.25, 0.3) is 0 Å². The molecule has 0 saturated heterocycles. The minimum Gasteiger partial charge on any atom is -0.459 e. The summed E-state index contributed by atoms with van der Waals surface area (Å²) in [4.78, 5) is 14.0. The van der Waals surface area contributed by atoms with Gasteiger partial charge in [-0.2, -0.15) is 0 Å². The van der Waals surface area contributed by atoms with E-state index in [1.54, 1.807) is 0 Å². The third kappa shape index (κ3) is 4.28. The Bertz CT molecular complexity index is 256. The molecule has 0 spiro atoms. The van der Waals surface area contributed by atoms with E-state index in [1.807, 2.05) is 27.7 Å². The van der Waals surface area contributed by atoms with Gasteiger partial charge in [0, 0.05) is 12.6 Å². The van der Waals surface area contributed by atoms with Crippen LogP contribution in [0.2, 0.25) is 0 Å². The number of rotatable bonds is 5. The topological polar surface area (TPSA) is 49.8 Å². The second-order valence-electron chi connectivity index (χ2n) is 5.76. The summed E-state index contributed by atoms with van der Waals surface area (Å²) < 4.78 is 5.38. The van der Waals surface area contributed by atoms with Crippen LogP contribution in [0.3, 0.4) is 0 Å². The Balaban J connectivity index is 2.56. The van der Waals surface area contributed by atoms with Crippen molar-refractivity contribution in [1.29, 1.82) is 0 Å². The van der Waals surface area contributed by atoms with E-state index >= 15 is 0 Å². The fourth-order valence-electron chi connectivity index (χ4n) is 2.05. The average Bonchev–Trinajstić information content (AvgIpc) is 2.10. The molecule has 0 aromatic rings. The van der Waals surface area contributed by atoms with Crippen molar-refractivity contribution in [2.75, 3.05) is 13.2 Å². The van der Waals surface area contributed by atoms with Gasteiger partial charge in [0.15, 0.2) is 0 Å². The largest absolute Gasteiger partial charge is 0.459 e. The van der Waals surface area contributed by atoms with Crippen LogP contribution in [0.25, 0.3) is 0 Å². The molecular weight excluding hydrogens is 218 g/mol. The summed E-state index contributed by atoms with van der Waals surface area (Å²) in [5.74, 6) is -0.196. The molecule has 0 aromatic heterocycles. The molecule has 1 unspecified atom stereocenters. The van der Waals surface area contributed by atoms with Crippen molar-refractivity contribution >= 4 is 5.97 Å². The van der Waals surface area contributed by atoms with Crippen molar-refractivity contribution in [1.82, 2.24) is 4.90 Å². The van der Waals surface area contributed by atoms with Crippen LogP contribution in [0.15, 0.2) is 0 Å². The number of aliphatic hydroxyl groups excluding tert-OH is 1. The van der Waals surface area contributed by atoms with Crippen molar-refractivity contribution < 1.29 is 14.6 Å². The number of hydrogen-bond donors (Lipinski definition) is 1. The molecule has 1 aliphatic carbocycles. The van der Waals surface area contributed by atoms with E-state index in [1.165, 1.54) is 6.42 Å². The number of nitrogens with zero attached hydrogens (tertiary/aromatic N) is 1. The molecule has 1 rings (SSSR count). The van der Waals surface area contributed by atoms with Gasteiger partial charge in [0.05, 0.1) is 6.61 Å². The van der Waals surface area contributed by atoms with E-state index in [0.29, 0.717) is 12.6 Å². The lowest BCUT2D eigenvalue weighted by atomic mass is 9.90. The van der Waals surface area contributed by atoms with Crippen molar-refractivity contribution in [3.8, 4) is 0 Å². The first kappa shape index (κ1) is 14.5. The number of esters is 1. The number of ether oxygens (including phenoxy) is 1. The molecule has 0 aliphatic heterocycles. The fraction of sp³-hybridized carbons (Fsp3) is 0.923. The predicted octanol–water partition coefficient (Wildman–Crippen LogP) is 1.56. The van der Waals surface area contributed by atoms with Crippen LogP contribution in [0.4, 0.5) is 0 Å². The minimum atomic E-state index is -0.449. The first-order valence-corrected chi connectivity index (χ1v) is 6.44. The fourth-order valence-corrected chi connectivity index (χ4v) is 2.05. The highest BCUT2D eigenvalue weighted by Gasteiger charge is 2.33. The van der Waals surface area contributed by atoms with Crippen LogP contribution in [0.1, 0.15) is 47.0 Å². The van der Waals surface area contributed by atoms with Gasteiger partial charge < -0.3 is 9.84 Å². The molecule has 0 amide bonds. The van der Waals surface area contributed by atoms with Crippen LogP contribution in [-0.2, 0) is 9.53 Å². The maximum Gasteiger partial charge on any atom is 0.323 e. The molecule has 1 saturated carbocycles. The highest BCUT2D eigenvalue weighted by atomic mass is 16.6. The maximum atomic E-state index is 12.0. The molecule has 0 bridgehead atoms. The molecular formula is C13H25NO3. The van der Waals surface area contributed by atoms with Gasteiger partial charge in [-0.3, -0.25) is 9.69 Å². The Morgan fingerprint density at radius 1 is 1.47 bits per heavy atom. The normalized spacial score (nSPS) is 18.9. The van der Waals surface area contributed by atoms with Gasteiger partial charge >= 0.3 is 5.97 Å². The summed E-state index contributed by atoms with van der Waals surface area (Å²) in [7, 11) is 0. The molecule has 0 heterocycles. The first-order chi connectivity index (χ1) is 7.85. The van der Waals surface area contributed by atoms with Gasteiger partial charge in [-0.1, -0.05) is 6.42 Å². The quantitative estimate of drug-likeness (QED) is 0.745. The number of aliphatic hydroxyl groups is 1. The third-order valence-corrected chi connectivity index (χ3v) is 3.15. The number of hydrogen-bond acceptors (Lipinski definition) is 4. The zero-order valence-corrected chi connectivity index (χ0v) is 11.4. The zero-order valence-electron chi connectivity index (χ0n) is 11.4. The Morgan fingerprint density at radius 3 is 2.41 bits per heavy atom. The molecule has 1 N–H and O–H groups in total. The van der Waals surface area contributed by atoms with Crippen LogP contribution in [0, 0.1) is 0 Å². The first-order valence-electron chi connectivity index (χ1n) is 6.44. The lowest BCUT2D eigenvalue weighted by Gasteiger charge is -2.40. The summed E-state index contributed by atoms with van der Waals surface area (Å²) >= 11 is 0. The van der Waals surface area contributed by atoms with Gasteiger partial charge in [0.1, 0.15) is 11.6 Å². The highest BCUT2D eigenvalue weighted by Crippen LogP contribution is 2.26. The molecule has 100 valence electrons. The molecule has 1 atom stereocenters. The number of carbonyl (C=O) groups is 1. The maximum absolute atomic E-state index is 12.0. The Morgan fingerprint density at radius 2 is 2.06 bits per heavy atom. The van der Waals surface area contributed by atoms with E-state index in [-0.39, 0.29) is 18.6 Å².